The molecule has 0 radical (unpaired) electrons. The van der Waals surface area contributed by atoms with Crippen LogP contribution in [0.2, 0.25) is 0 Å². The van der Waals surface area contributed by atoms with Gasteiger partial charge in [-0.25, -0.2) is 9.78 Å². The number of ether oxygens (including phenoxy) is 1. The van der Waals surface area contributed by atoms with Gasteiger partial charge in [-0.2, -0.15) is 0 Å². The Hall–Kier alpha value is -3.09. The van der Waals surface area contributed by atoms with Crippen molar-refractivity contribution in [2.24, 2.45) is 5.92 Å². The van der Waals surface area contributed by atoms with Gasteiger partial charge in [0.2, 0.25) is 5.91 Å². The summed E-state index contributed by atoms with van der Waals surface area (Å²) in [6.07, 6.45) is 3.23. The van der Waals surface area contributed by atoms with E-state index >= 15 is 0 Å². The maximum absolute atomic E-state index is 12.6. The van der Waals surface area contributed by atoms with E-state index < -0.39 is 0 Å². The highest BCUT2D eigenvalue weighted by molar-refractivity contribution is 5.94. The van der Waals surface area contributed by atoms with E-state index in [1.54, 1.807) is 36.4 Å². The van der Waals surface area contributed by atoms with Gasteiger partial charge in [0, 0.05) is 19.3 Å². The standard InChI is InChI=1S/C20H24N4O3/c1-14-9-10-18(21-12-14)23-19(25)15-6-5-11-24(13-15)20(26)22-16-7-3-4-8-17(16)27-2/h3-4,7-10,12,15H,5-6,11,13H2,1-2H3,(H,22,26)(H,21,23,25). The van der Waals surface area contributed by atoms with Crippen LogP contribution in [0.3, 0.4) is 0 Å². The Morgan fingerprint density at radius 2 is 2.00 bits per heavy atom. The molecule has 7 nitrogen and oxygen atoms in total. The van der Waals surface area contributed by atoms with E-state index in [1.807, 2.05) is 25.1 Å². The maximum atomic E-state index is 12.6. The number of hydrogen-bond acceptors (Lipinski definition) is 4. The number of para-hydroxylation sites is 2. The first kappa shape index (κ1) is 18.7. The van der Waals surface area contributed by atoms with Crippen molar-refractivity contribution < 1.29 is 14.3 Å². The number of aryl methyl sites for hydroxylation is 1. The number of nitrogens with zero attached hydrogens (tertiary/aromatic N) is 2. The number of aromatic nitrogens is 1. The monoisotopic (exact) mass is 368 g/mol. The molecular weight excluding hydrogens is 344 g/mol. The molecule has 2 aromatic rings. The number of pyridine rings is 1. The lowest BCUT2D eigenvalue weighted by Crippen LogP contribution is -2.45. The number of methoxy groups -OCH3 is 1. The van der Waals surface area contributed by atoms with Crippen molar-refractivity contribution in [3.63, 3.8) is 0 Å². The number of nitrogens with one attached hydrogen (secondary N) is 2. The molecule has 1 unspecified atom stereocenters. The van der Waals surface area contributed by atoms with Crippen molar-refractivity contribution in [2.45, 2.75) is 19.8 Å². The second kappa shape index (κ2) is 8.53. The minimum Gasteiger partial charge on any atom is -0.495 e. The van der Waals surface area contributed by atoms with Crippen LogP contribution >= 0.6 is 0 Å². The Bertz CT molecular complexity index is 807. The molecule has 0 aliphatic carbocycles. The summed E-state index contributed by atoms with van der Waals surface area (Å²) in [5.41, 5.74) is 1.64. The number of urea groups is 1. The summed E-state index contributed by atoms with van der Waals surface area (Å²) in [7, 11) is 1.56. The molecule has 2 N–H and O–H groups in total. The van der Waals surface area contributed by atoms with E-state index in [2.05, 4.69) is 15.6 Å². The summed E-state index contributed by atoms with van der Waals surface area (Å²) < 4.78 is 5.26. The molecule has 3 rings (SSSR count). The molecule has 7 heteroatoms. The second-order valence-electron chi connectivity index (χ2n) is 6.63. The first-order valence-corrected chi connectivity index (χ1v) is 8.99. The van der Waals surface area contributed by atoms with Crippen LogP contribution < -0.4 is 15.4 Å². The van der Waals surface area contributed by atoms with Crippen molar-refractivity contribution in [2.75, 3.05) is 30.8 Å². The number of likely N-dealkylation sites (tertiary alicyclic amines) is 1. The van der Waals surface area contributed by atoms with E-state index in [-0.39, 0.29) is 17.9 Å². The number of rotatable bonds is 4. The second-order valence-corrected chi connectivity index (χ2v) is 6.63. The van der Waals surface area contributed by atoms with E-state index in [4.69, 9.17) is 4.74 Å². The SMILES string of the molecule is COc1ccccc1NC(=O)N1CCCC(C(=O)Nc2ccc(C)cn2)C1. The van der Waals surface area contributed by atoms with Gasteiger partial charge in [-0.05, 0) is 43.5 Å². The molecule has 1 atom stereocenters. The van der Waals surface area contributed by atoms with Crippen LogP contribution in [0, 0.1) is 12.8 Å². The number of amides is 3. The number of hydrogen-bond donors (Lipinski definition) is 2. The average molecular weight is 368 g/mol. The van der Waals surface area contributed by atoms with Gasteiger partial charge in [0.1, 0.15) is 11.6 Å². The van der Waals surface area contributed by atoms with Crippen LogP contribution in [-0.4, -0.2) is 42.0 Å². The van der Waals surface area contributed by atoms with Crippen molar-refractivity contribution in [1.82, 2.24) is 9.88 Å². The fourth-order valence-electron chi connectivity index (χ4n) is 3.09. The van der Waals surface area contributed by atoms with Crippen LogP contribution in [0.4, 0.5) is 16.3 Å². The highest BCUT2D eigenvalue weighted by atomic mass is 16.5. The van der Waals surface area contributed by atoms with Crippen LogP contribution in [0.25, 0.3) is 0 Å². The Labute approximate surface area is 158 Å². The van der Waals surface area contributed by atoms with Gasteiger partial charge >= 0.3 is 6.03 Å². The van der Waals surface area contributed by atoms with Gasteiger partial charge in [-0.3, -0.25) is 4.79 Å². The first-order valence-electron chi connectivity index (χ1n) is 8.99. The highest BCUT2D eigenvalue weighted by Crippen LogP contribution is 2.25. The predicted octanol–water partition coefficient (Wildman–Crippen LogP) is 3.28. The van der Waals surface area contributed by atoms with Gasteiger partial charge < -0.3 is 20.3 Å². The van der Waals surface area contributed by atoms with E-state index in [0.717, 1.165) is 18.4 Å². The fraction of sp³-hybridized carbons (Fsp3) is 0.350. The number of anilines is 2. The summed E-state index contributed by atoms with van der Waals surface area (Å²) in [6.45, 7) is 2.93. The lowest BCUT2D eigenvalue weighted by atomic mass is 9.97. The van der Waals surface area contributed by atoms with E-state index in [0.29, 0.717) is 30.3 Å². The van der Waals surface area contributed by atoms with Crippen molar-refractivity contribution in [1.29, 1.82) is 0 Å². The molecule has 1 aromatic carbocycles. The average Bonchev–Trinajstić information content (AvgIpc) is 2.70. The molecule has 27 heavy (non-hydrogen) atoms. The van der Waals surface area contributed by atoms with Crippen LogP contribution in [0.1, 0.15) is 18.4 Å². The summed E-state index contributed by atoms with van der Waals surface area (Å²) in [5, 5.41) is 5.70. The van der Waals surface area contributed by atoms with Crippen LogP contribution in [0.5, 0.6) is 5.75 Å². The van der Waals surface area contributed by atoms with Gasteiger partial charge in [0.25, 0.3) is 0 Å². The highest BCUT2D eigenvalue weighted by Gasteiger charge is 2.29. The van der Waals surface area contributed by atoms with Gasteiger partial charge in [0.05, 0.1) is 18.7 Å². The molecule has 1 aliphatic heterocycles. The molecular formula is C20H24N4O3. The van der Waals surface area contributed by atoms with Crippen LogP contribution in [0.15, 0.2) is 42.6 Å². The topological polar surface area (TPSA) is 83.6 Å². The van der Waals surface area contributed by atoms with Crippen molar-refractivity contribution >= 4 is 23.4 Å². The summed E-state index contributed by atoms with van der Waals surface area (Å²) >= 11 is 0. The summed E-state index contributed by atoms with van der Waals surface area (Å²) in [6, 6.07) is 10.7. The lowest BCUT2D eigenvalue weighted by Gasteiger charge is -2.32. The molecule has 0 bridgehead atoms. The Morgan fingerprint density at radius 1 is 1.19 bits per heavy atom. The third-order valence-corrected chi connectivity index (χ3v) is 4.59. The molecule has 2 heterocycles. The number of carbonyl (C=O) groups is 2. The Balaban J connectivity index is 1.60. The normalized spacial score (nSPS) is 16.5. The third kappa shape index (κ3) is 4.75. The molecule has 3 amide bonds. The molecule has 1 saturated heterocycles. The number of carbonyl (C=O) groups excluding carboxylic acids is 2. The number of piperidine rings is 1. The predicted molar refractivity (Wildman–Crippen MR) is 104 cm³/mol. The van der Waals surface area contributed by atoms with E-state index in [9.17, 15) is 9.59 Å². The first-order chi connectivity index (χ1) is 13.1. The quantitative estimate of drug-likeness (QED) is 0.867. The largest absolute Gasteiger partial charge is 0.495 e. The van der Waals surface area contributed by atoms with Crippen LogP contribution in [-0.2, 0) is 4.79 Å². The fourth-order valence-corrected chi connectivity index (χ4v) is 3.09. The molecule has 1 aromatic heterocycles. The zero-order valence-electron chi connectivity index (χ0n) is 15.6. The molecule has 0 spiro atoms. The Kier molecular flexibility index (Phi) is 5.90. The van der Waals surface area contributed by atoms with Gasteiger partial charge in [-0.15, -0.1) is 0 Å². The zero-order chi connectivity index (χ0) is 19.2. The van der Waals surface area contributed by atoms with Crippen molar-refractivity contribution in [3.8, 4) is 5.75 Å². The molecule has 142 valence electrons. The van der Waals surface area contributed by atoms with Crippen molar-refractivity contribution in [3.05, 3.63) is 48.2 Å². The van der Waals surface area contributed by atoms with E-state index in [1.165, 1.54) is 0 Å². The minimum atomic E-state index is -0.259. The van der Waals surface area contributed by atoms with Gasteiger partial charge in [0.15, 0.2) is 0 Å². The Morgan fingerprint density at radius 3 is 2.74 bits per heavy atom. The van der Waals surface area contributed by atoms with Gasteiger partial charge in [-0.1, -0.05) is 18.2 Å². The number of benzene rings is 1. The third-order valence-electron chi connectivity index (χ3n) is 4.59. The molecule has 1 aliphatic rings. The molecule has 1 fully saturated rings. The smallest absolute Gasteiger partial charge is 0.321 e. The lowest BCUT2D eigenvalue weighted by molar-refractivity contribution is -0.121. The maximum Gasteiger partial charge on any atom is 0.321 e. The summed E-state index contributed by atoms with van der Waals surface area (Å²) in [4.78, 5) is 31.0. The minimum absolute atomic E-state index is 0.110. The zero-order valence-corrected chi connectivity index (χ0v) is 15.6. The summed E-state index contributed by atoms with van der Waals surface area (Å²) in [5.74, 6) is 0.759. The molecule has 0 saturated carbocycles.